The molecule has 0 saturated carbocycles. The fourth-order valence-electron chi connectivity index (χ4n) is 1.76. The highest BCUT2D eigenvalue weighted by atomic mass is 35.5. The van der Waals surface area contributed by atoms with Gasteiger partial charge in [0.25, 0.3) is 11.5 Å². The average molecular weight is 330 g/mol. The van der Waals surface area contributed by atoms with Crippen molar-refractivity contribution in [3.8, 4) is 0 Å². The number of halogens is 1. The molecule has 9 nitrogen and oxygen atoms in total. The number of hydrogen-bond donors (Lipinski definition) is 3. The molecule has 0 radical (unpaired) electrons. The Bertz CT molecular complexity index is 639. The van der Waals surface area contributed by atoms with E-state index in [4.69, 9.17) is 23.3 Å². The van der Waals surface area contributed by atoms with Crippen molar-refractivity contribution in [3.05, 3.63) is 26.6 Å². The fraction of sp³-hybridized carbons (Fsp3) is 0.500. The predicted octanol–water partition coefficient (Wildman–Crippen LogP) is -0.459. The largest absolute Gasteiger partial charge is 0.320 e. The van der Waals surface area contributed by atoms with Crippen molar-refractivity contribution in [1.82, 2.24) is 20.1 Å². The van der Waals surface area contributed by atoms with Crippen LogP contribution in [0.2, 0.25) is 5.02 Å². The molecule has 0 aliphatic rings. The molecule has 0 aliphatic heterocycles. The number of amides is 1. The lowest BCUT2D eigenvalue weighted by Crippen LogP contribution is -2.47. The number of carbonyl (C=O) groups is 1. The minimum atomic E-state index is -0.653. The SMILES string of the molecule is CCCCc1c(Cl)c(C(=O)N/C(=N/N)N(C)N)nn(C)c1=O. The maximum absolute atomic E-state index is 12.2. The highest BCUT2D eigenvalue weighted by molar-refractivity contribution is 6.34. The van der Waals surface area contributed by atoms with Crippen molar-refractivity contribution >= 4 is 23.5 Å². The molecule has 0 unspecified atom stereocenters. The van der Waals surface area contributed by atoms with Gasteiger partial charge in [0.05, 0.1) is 5.02 Å². The maximum Gasteiger partial charge on any atom is 0.280 e. The first-order valence-electron chi connectivity index (χ1n) is 6.66. The summed E-state index contributed by atoms with van der Waals surface area (Å²) in [5.41, 5.74) is -0.0463. The number of nitrogens with zero attached hydrogens (tertiary/aromatic N) is 4. The lowest BCUT2D eigenvalue weighted by atomic mass is 10.1. The van der Waals surface area contributed by atoms with Gasteiger partial charge in [-0.05, 0) is 12.8 Å². The van der Waals surface area contributed by atoms with Gasteiger partial charge < -0.3 is 5.84 Å². The molecule has 0 bridgehead atoms. The number of guanidine groups is 1. The molecule has 1 rings (SSSR count). The number of aromatic nitrogens is 2. The number of hydrazone groups is 1. The topological polar surface area (TPSA) is 132 Å². The van der Waals surface area contributed by atoms with Gasteiger partial charge in [0.15, 0.2) is 5.69 Å². The Morgan fingerprint density at radius 1 is 1.55 bits per heavy atom. The second-order valence-corrected chi connectivity index (χ2v) is 5.07. The van der Waals surface area contributed by atoms with Gasteiger partial charge in [-0.15, -0.1) is 5.10 Å². The van der Waals surface area contributed by atoms with Gasteiger partial charge in [0, 0.05) is 19.7 Å². The van der Waals surface area contributed by atoms with Crippen LogP contribution >= 0.6 is 11.6 Å². The van der Waals surface area contributed by atoms with Crippen LogP contribution in [0.3, 0.4) is 0 Å². The minimum Gasteiger partial charge on any atom is -0.320 e. The average Bonchev–Trinajstić information content (AvgIpc) is 2.47. The number of hydrogen-bond acceptors (Lipinski definition) is 6. The van der Waals surface area contributed by atoms with Crippen LogP contribution < -0.4 is 22.6 Å². The molecule has 1 aromatic rings. The van der Waals surface area contributed by atoms with Crippen molar-refractivity contribution in [1.29, 1.82) is 0 Å². The first-order chi connectivity index (χ1) is 10.3. The van der Waals surface area contributed by atoms with Crippen molar-refractivity contribution < 1.29 is 4.79 Å². The van der Waals surface area contributed by atoms with E-state index in [9.17, 15) is 9.59 Å². The second-order valence-electron chi connectivity index (χ2n) is 4.69. The van der Waals surface area contributed by atoms with E-state index < -0.39 is 5.91 Å². The third-order valence-corrected chi connectivity index (χ3v) is 3.36. The third-order valence-electron chi connectivity index (χ3n) is 2.95. The number of nitrogens with two attached hydrogens (primary N) is 2. The Morgan fingerprint density at radius 2 is 2.18 bits per heavy atom. The van der Waals surface area contributed by atoms with Crippen LogP contribution in [0.4, 0.5) is 0 Å². The molecule has 122 valence electrons. The van der Waals surface area contributed by atoms with E-state index in [0.29, 0.717) is 12.0 Å². The van der Waals surface area contributed by atoms with Gasteiger partial charge in [0.1, 0.15) is 0 Å². The summed E-state index contributed by atoms with van der Waals surface area (Å²) >= 11 is 6.17. The number of hydrazine groups is 1. The maximum atomic E-state index is 12.2. The molecule has 1 amide bonds. The van der Waals surface area contributed by atoms with Crippen LogP contribution in [0.25, 0.3) is 0 Å². The van der Waals surface area contributed by atoms with E-state index in [2.05, 4.69) is 15.5 Å². The van der Waals surface area contributed by atoms with Gasteiger partial charge >= 0.3 is 0 Å². The highest BCUT2D eigenvalue weighted by Crippen LogP contribution is 2.18. The number of unbranched alkanes of at least 4 members (excludes halogenated alkanes) is 1. The number of nitrogens with one attached hydrogen (secondary N) is 1. The van der Waals surface area contributed by atoms with Crippen LogP contribution in [0, 0.1) is 0 Å². The normalized spacial score (nSPS) is 11.4. The molecular formula is C12H20ClN7O2. The van der Waals surface area contributed by atoms with Gasteiger partial charge in [-0.3, -0.25) is 19.9 Å². The molecule has 0 atom stereocenters. The molecule has 1 aromatic heterocycles. The Balaban J connectivity index is 3.22. The van der Waals surface area contributed by atoms with Crippen molar-refractivity contribution in [2.75, 3.05) is 7.05 Å². The predicted molar refractivity (Wildman–Crippen MR) is 84.1 cm³/mol. The first kappa shape index (κ1) is 17.9. The zero-order valence-corrected chi connectivity index (χ0v) is 13.5. The van der Waals surface area contributed by atoms with Crippen LogP contribution in [-0.2, 0) is 13.5 Å². The standard InChI is InChI=1S/C12H20ClN7O2/c1-4-5-6-7-8(13)9(18-20(3)11(7)22)10(21)16-12(17-14)19(2)15/h4-6,14-15H2,1-3H3,(H,16,17,21). The quantitative estimate of drug-likeness (QED) is 0.296. The molecule has 0 fully saturated rings. The number of rotatable bonds is 4. The Hall–Kier alpha value is -2.13. The molecule has 22 heavy (non-hydrogen) atoms. The molecule has 5 N–H and O–H groups in total. The molecule has 10 heteroatoms. The molecular weight excluding hydrogens is 310 g/mol. The van der Waals surface area contributed by atoms with E-state index in [1.165, 1.54) is 14.1 Å². The summed E-state index contributed by atoms with van der Waals surface area (Å²) in [6.07, 6.45) is 2.14. The summed E-state index contributed by atoms with van der Waals surface area (Å²) in [4.78, 5) is 24.3. The lowest BCUT2D eigenvalue weighted by molar-refractivity contribution is 0.0965. The van der Waals surface area contributed by atoms with E-state index in [1.807, 2.05) is 6.92 Å². The fourth-order valence-corrected chi connectivity index (χ4v) is 2.06. The summed E-state index contributed by atoms with van der Waals surface area (Å²) in [7, 11) is 2.91. The van der Waals surface area contributed by atoms with Crippen LogP contribution in [0.1, 0.15) is 35.8 Å². The van der Waals surface area contributed by atoms with E-state index in [1.54, 1.807) is 0 Å². The Labute approximate surface area is 132 Å². The van der Waals surface area contributed by atoms with Gasteiger partial charge in [0.2, 0.25) is 5.96 Å². The molecule has 1 heterocycles. The van der Waals surface area contributed by atoms with Gasteiger partial charge in [-0.2, -0.15) is 5.10 Å². The minimum absolute atomic E-state index is 0.0325. The van der Waals surface area contributed by atoms with E-state index >= 15 is 0 Å². The summed E-state index contributed by atoms with van der Waals surface area (Å²) in [5.74, 6) is 9.88. The molecule has 0 spiro atoms. The van der Waals surface area contributed by atoms with Crippen LogP contribution in [-0.4, -0.2) is 33.7 Å². The second kappa shape index (κ2) is 7.76. The van der Waals surface area contributed by atoms with E-state index in [0.717, 1.165) is 22.5 Å². The smallest absolute Gasteiger partial charge is 0.280 e. The molecule has 0 aromatic carbocycles. The van der Waals surface area contributed by atoms with E-state index in [-0.39, 0.29) is 22.2 Å². The zero-order chi connectivity index (χ0) is 16.9. The summed E-state index contributed by atoms with van der Waals surface area (Å²) in [6, 6.07) is 0. The molecule has 0 saturated heterocycles. The summed E-state index contributed by atoms with van der Waals surface area (Å²) in [6.45, 7) is 1.99. The van der Waals surface area contributed by atoms with Crippen molar-refractivity contribution in [2.45, 2.75) is 26.2 Å². The zero-order valence-electron chi connectivity index (χ0n) is 12.8. The summed E-state index contributed by atoms with van der Waals surface area (Å²) < 4.78 is 1.08. The highest BCUT2D eigenvalue weighted by Gasteiger charge is 2.21. The van der Waals surface area contributed by atoms with Gasteiger partial charge in [-0.25, -0.2) is 10.5 Å². The lowest BCUT2D eigenvalue weighted by Gasteiger charge is -2.15. The number of aryl methyl sites for hydroxylation is 1. The number of carbonyl (C=O) groups excluding carboxylic acids is 1. The Kier molecular flexibility index (Phi) is 6.32. The third kappa shape index (κ3) is 3.95. The van der Waals surface area contributed by atoms with Crippen molar-refractivity contribution in [2.24, 2.45) is 23.8 Å². The van der Waals surface area contributed by atoms with Crippen LogP contribution in [0.5, 0.6) is 0 Å². The first-order valence-corrected chi connectivity index (χ1v) is 7.04. The van der Waals surface area contributed by atoms with Crippen molar-refractivity contribution in [3.63, 3.8) is 0 Å². The summed E-state index contributed by atoms with van der Waals surface area (Å²) in [5, 5.41) is 10.7. The van der Waals surface area contributed by atoms with Gasteiger partial charge in [-0.1, -0.05) is 24.9 Å². The Morgan fingerprint density at radius 3 is 2.68 bits per heavy atom. The monoisotopic (exact) mass is 329 g/mol. The molecule has 0 aliphatic carbocycles. The van der Waals surface area contributed by atoms with Crippen LogP contribution in [0.15, 0.2) is 9.90 Å².